The van der Waals surface area contributed by atoms with E-state index in [0.717, 1.165) is 5.56 Å². The quantitative estimate of drug-likeness (QED) is 0.922. The summed E-state index contributed by atoms with van der Waals surface area (Å²) in [4.78, 5) is 16.0. The lowest BCUT2D eigenvalue weighted by Gasteiger charge is -2.11. The van der Waals surface area contributed by atoms with Gasteiger partial charge in [-0.3, -0.25) is 9.78 Å². The van der Waals surface area contributed by atoms with Crippen LogP contribution in [0.5, 0.6) is 5.75 Å². The second kappa shape index (κ2) is 4.71. The molecule has 0 aliphatic carbocycles. The van der Waals surface area contributed by atoms with Crippen LogP contribution in [0, 0.1) is 6.92 Å². The standard InChI is InChI=1S/C12H11BrN2O2/c1-8-5-10(16)11(13)12(17)15(8)7-9-3-2-4-14-6-9/h2-6,16H,7H2,1H3. The fourth-order valence-corrected chi connectivity index (χ4v) is 1.93. The maximum Gasteiger partial charge on any atom is 0.269 e. The minimum Gasteiger partial charge on any atom is -0.506 e. The van der Waals surface area contributed by atoms with Gasteiger partial charge in [0.2, 0.25) is 0 Å². The third kappa shape index (κ3) is 2.39. The highest BCUT2D eigenvalue weighted by molar-refractivity contribution is 9.10. The van der Waals surface area contributed by atoms with E-state index >= 15 is 0 Å². The molecule has 0 aliphatic heterocycles. The summed E-state index contributed by atoms with van der Waals surface area (Å²) in [5.41, 5.74) is 1.40. The summed E-state index contributed by atoms with van der Waals surface area (Å²) < 4.78 is 1.77. The van der Waals surface area contributed by atoms with Crippen molar-refractivity contribution in [2.24, 2.45) is 0 Å². The number of nitrogens with zero attached hydrogens (tertiary/aromatic N) is 2. The lowest BCUT2D eigenvalue weighted by Crippen LogP contribution is -2.23. The molecule has 88 valence electrons. The van der Waals surface area contributed by atoms with Crippen molar-refractivity contribution in [2.45, 2.75) is 13.5 Å². The number of hydrogen-bond acceptors (Lipinski definition) is 3. The molecule has 0 atom stereocenters. The van der Waals surface area contributed by atoms with Gasteiger partial charge in [-0.1, -0.05) is 6.07 Å². The van der Waals surface area contributed by atoms with Crippen molar-refractivity contribution in [3.05, 3.63) is 56.7 Å². The molecule has 4 nitrogen and oxygen atoms in total. The van der Waals surface area contributed by atoms with E-state index in [9.17, 15) is 9.90 Å². The number of aromatic nitrogens is 2. The van der Waals surface area contributed by atoms with Gasteiger partial charge in [-0.05, 0) is 34.5 Å². The van der Waals surface area contributed by atoms with Gasteiger partial charge in [0.05, 0.1) is 6.54 Å². The maximum atomic E-state index is 12.0. The van der Waals surface area contributed by atoms with Gasteiger partial charge in [0, 0.05) is 24.2 Å². The van der Waals surface area contributed by atoms with Crippen LogP contribution in [0.2, 0.25) is 0 Å². The molecule has 0 spiro atoms. The molecular weight excluding hydrogens is 284 g/mol. The van der Waals surface area contributed by atoms with Crippen molar-refractivity contribution in [3.63, 3.8) is 0 Å². The van der Waals surface area contributed by atoms with Gasteiger partial charge in [-0.15, -0.1) is 0 Å². The Kier molecular flexibility index (Phi) is 3.28. The zero-order chi connectivity index (χ0) is 12.4. The van der Waals surface area contributed by atoms with Crippen LogP contribution in [0.25, 0.3) is 0 Å². The van der Waals surface area contributed by atoms with E-state index in [2.05, 4.69) is 20.9 Å². The van der Waals surface area contributed by atoms with Crippen LogP contribution in [-0.4, -0.2) is 14.7 Å². The highest BCUT2D eigenvalue weighted by Gasteiger charge is 2.10. The third-order valence-electron chi connectivity index (χ3n) is 2.49. The van der Waals surface area contributed by atoms with Gasteiger partial charge >= 0.3 is 0 Å². The SMILES string of the molecule is Cc1cc(O)c(Br)c(=O)n1Cc1cccnc1. The van der Waals surface area contributed by atoms with Gasteiger partial charge < -0.3 is 9.67 Å². The van der Waals surface area contributed by atoms with Gasteiger partial charge in [0.15, 0.2) is 0 Å². The lowest BCUT2D eigenvalue weighted by atomic mass is 10.2. The molecule has 5 heteroatoms. The maximum absolute atomic E-state index is 12.0. The summed E-state index contributed by atoms with van der Waals surface area (Å²) in [6.45, 7) is 2.22. The number of aromatic hydroxyl groups is 1. The second-order valence-electron chi connectivity index (χ2n) is 3.74. The number of halogens is 1. The summed E-state index contributed by atoms with van der Waals surface area (Å²) in [6, 6.07) is 5.28. The smallest absolute Gasteiger partial charge is 0.269 e. The molecule has 2 rings (SSSR count). The van der Waals surface area contributed by atoms with Gasteiger partial charge in [0.1, 0.15) is 10.2 Å². The summed E-state index contributed by atoms with van der Waals surface area (Å²) in [7, 11) is 0. The first-order chi connectivity index (χ1) is 8.09. The molecular formula is C12H11BrN2O2. The molecule has 0 unspecified atom stereocenters. The van der Waals surface area contributed by atoms with E-state index in [0.29, 0.717) is 12.2 Å². The van der Waals surface area contributed by atoms with Crippen molar-refractivity contribution >= 4 is 15.9 Å². The molecule has 2 aromatic rings. The normalized spacial score (nSPS) is 10.5. The topological polar surface area (TPSA) is 55.1 Å². The molecule has 0 bridgehead atoms. The summed E-state index contributed by atoms with van der Waals surface area (Å²) in [5.74, 6) is -0.0325. The predicted molar refractivity (Wildman–Crippen MR) is 68.1 cm³/mol. The second-order valence-corrected chi connectivity index (χ2v) is 4.53. The fraction of sp³-hybridized carbons (Fsp3) is 0.167. The van der Waals surface area contributed by atoms with Crippen molar-refractivity contribution < 1.29 is 5.11 Å². The van der Waals surface area contributed by atoms with Crippen LogP contribution in [0.1, 0.15) is 11.3 Å². The lowest BCUT2D eigenvalue weighted by molar-refractivity contribution is 0.466. The van der Waals surface area contributed by atoms with Crippen molar-refractivity contribution in [2.75, 3.05) is 0 Å². The molecule has 0 aromatic carbocycles. The first-order valence-corrected chi connectivity index (χ1v) is 5.86. The molecule has 1 N–H and O–H groups in total. The van der Waals surface area contributed by atoms with E-state index < -0.39 is 0 Å². The Morgan fingerprint density at radius 3 is 2.94 bits per heavy atom. The fourth-order valence-electron chi connectivity index (χ4n) is 1.60. The monoisotopic (exact) mass is 294 g/mol. The summed E-state index contributed by atoms with van der Waals surface area (Å²) in [6.07, 6.45) is 3.40. The van der Waals surface area contributed by atoms with Gasteiger partial charge in [-0.25, -0.2) is 0 Å². The average Bonchev–Trinajstić information content (AvgIpc) is 2.33. The van der Waals surface area contributed by atoms with Crippen LogP contribution in [0.4, 0.5) is 0 Å². The Hall–Kier alpha value is -1.62. The van der Waals surface area contributed by atoms with E-state index in [1.807, 2.05) is 12.1 Å². The molecule has 0 saturated carbocycles. The molecule has 0 radical (unpaired) electrons. The van der Waals surface area contributed by atoms with Crippen LogP contribution < -0.4 is 5.56 Å². The Balaban J connectivity index is 2.47. The van der Waals surface area contributed by atoms with E-state index in [4.69, 9.17) is 0 Å². The summed E-state index contributed by atoms with van der Waals surface area (Å²) >= 11 is 3.08. The number of hydrogen-bond donors (Lipinski definition) is 1. The van der Waals surface area contributed by atoms with Crippen molar-refractivity contribution in [1.29, 1.82) is 0 Å². The average molecular weight is 295 g/mol. The highest BCUT2D eigenvalue weighted by Crippen LogP contribution is 2.20. The predicted octanol–water partition coefficient (Wildman–Crippen LogP) is 2.07. The van der Waals surface area contributed by atoms with Crippen LogP contribution >= 0.6 is 15.9 Å². The number of pyridine rings is 2. The molecule has 2 heterocycles. The van der Waals surface area contributed by atoms with Crippen LogP contribution in [0.15, 0.2) is 39.9 Å². The Labute approximate surface area is 107 Å². The molecule has 0 amide bonds. The Morgan fingerprint density at radius 1 is 1.53 bits per heavy atom. The van der Waals surface area contributed by atoms with Crippen molar-refractivity contribution in [1.82, 2.24) is 9.55 Å². The minimum absolute atomic E-state index is 0.0325. The van der Waals surface area contributed by atoms with E-state index in [-0.39, 0.29) is 15.8 Å². The van der Waals surface area contributed by atoms with Crippen LogP contribution in [-0.2, 0) is 6.54 Å². The third-order valence-corrected chi connectivity index (χ3v) is 3.24. The zero-order valence-corrected chi connectivity index (χ0v) is 10.8. The van der Waals surface area contributed by atoms with Gasteiger partial charge in [-0.2, -0.15) is 0 Å². The van der Waals surface area contributed by atoms with E-state index in [1.54, 1.807) is 30.0 Å². The van der Waals surface area contributed by atoms with Crippen LogP contribution in [0.3, 0.4) is 0 Å². The zero-order valence-electron chi connectivity index (χ0n) is 9.22. The summed E-state index contributed by atoms with van der Waals surface area (Å²) in [5, 5.41) is 9.50. The largest absolute Gasteiger partial charge is 0.506 e. The highest BCUT2D eigenvalue weighted by atomic mass is 79.9. The number of rotatable bonds is 2. The Morgan fingerprint density at radius 2 is 2.29 bits per heavy atom. The van der Waals surface area contributed by atoms with Gasteiger partial charge in [0.25, 0.3) is 5.56 Å². The Bertz CT molecular complexity index is 593. The molecule has 0 saturated heterocycles. The van der Waals surface area contributed by atoms with E-state index in [1.165, 1.54) is 0 Å². The molecule has 17 heavy (non-hydrogen) atoms. The van der Waals surface area contributed by atoms with Crippen molar-refractivity contribution in [3.8, 4) is 5.75 Å². The molecule has 0 fully saturated rings. The number of aryl methyl sites for hydroxylation is 1. The first kappa shape index (κ1) is 11.9. The molecule has 0 aliphatic rings. The first-order valence-electron chi connectivity index (χ1n) is 5.07. The minimum atomic E-state index is -0.244. The molecule has 2 aromatic heterocycles.